The fourth-order valence-corrected chi connectivity index (χ4v) is 4.73. The van der Waals surface area contributed by atoms with E-state index in [1.54, 1.807) is 36.1 Å². The van der Waals surface area contributed by atoms with Gasteiger partial charge in [0.1, 0.15) is 6.26 Å². The number of furan rings is 1. The van der Waals surface area contributed by atoms with Crippen LogP contribution in [0.25, 0.3) is 0 Å². The first-order valence-electron chi connectivity index (χ1n) is 7.97. The molecule has 134 valence electrons. The lowest BCUT2D eigenvalue weighted by atomic mass is 10.1. The summed E-state index contributed by atoms with van der Waals surface area (Å²) >= 11 is 6.02. The summed E-state index contributed by atoms with van der Waals surface area (Å²) in [7, 11) is -3.65. The third-order valence-corrected chi connectivity index (χ3v) is 6.45. The van der Waals surface area contributed by atoms with E-state index in [1.807, 2.05) is 0 Å². The van der Waals surface area contributed by atoms with Crippen LogP contribution in [0, 0.1) is 6.92 Å². The molecule has 1 aromatic heterocycles. The molecule has 3 rings (SSSR count). The van der Waals surface area contributed by atoms with Crippen LogP contribution in [0.3, 0.4) is 0 Å². The molecule has 1 fully saturated rings. The Morgan fingerprint density at radius 2 is 2.00 bits per heavy atom. The van der Waals surface area contributed by atoms with E-state index in [1.165, 1.54) is 12.5 Å². The number of hydrogen-bond donors (Lipinski definition) is 1. The second kappa shape index (κ2) is 7.19. The van der Waals surface area contributed by atoms with Gasteiger partial charge < -0.3 is 9.32 Å². The number of carbonyl (C=O) groups is 1. The van der Waals surface area contributed by atoms with E-state index >= 15 is 0 Å². The first-order chi connectivity index (χ1) is 11.9. The number of nitrogens with zero attached hydrogens (tertiary/aromatic N) is 1. The van der Waals surface area contributed by atoms with Crippen molar-refractivity contribution < 1.29 is 17.6 Å². The van der Waals surface area contributed by atoms with Crippen LogP contribution in [0.2, 0.25) is 5.02 Å². The smallest absolute Gasteiger partial charge is 0.257 e. The Balaban J connectivity index is 1.64. The number of amides is 1. The van der Waals surface area contributed by atoms with Gasteiger partial charge in [-0.2, -0.15) is 0 Å². The van der Waals surface area contributed by atoms with Crippen molar-refractivity contribution in [1.29, 1.82) is 0 Å². The van der Waals surface area contributed by atoms with Gasteiger partial charge in [-0.1, -0.05) is 17.7 Å². The summed E-state index contributed by atoms with van der Waals surface area (Å²) in [6.07, 6.45) is 3.99. The van der Waals surface area contributed by atoms with Gasteiger partial charge in [-0.05, 0) is 43.5 Å². The van der Waals surface area contributed by atoms with Crippen molar-refractivity contribution in [3.05, 3.63) is 52.9 Å². The molecule has 0 bridgehead atoms. The monoisotopic (exact) mass is 382 g/mol. The van der Waals surface area contributed by atoms with Crippen molar-refractivity contribution >= 4 is 27.5 Å². The van der Waals surface area contributed by atoms with Gasteiger partial charge in [-0.3, -0.25) is 4.79 Å². The van der Waals surface area contributed by atoms with Crippen LogP contribution in [0.5, 0.6) is 0 Å². The molecule has 1 saturated heterocycles. The van der Waals surface area contributed by atoms with E-state index in [0.29, 0.717) is 42.1 Å². The quantitative estimate of drug-likeness (QED) is 0.881. The molecule has 0 spiro atoms. The molecule has 0 aliphatic carbocycles. The molecule has 2 heterocycles. The highest BCUT2D eigenvalue weighted by atomic mass is 35.5. The molecule has 25 heavy (non-hydrogen) atoms. The van der Waals surface area contributed by atoms with Gasteiger partial charge >= 0.3 is 0 Å². The Morgan fingerprint density at radius 3 is 2.64 bits per heavy atom. The van der Waals surface area contributed by atoms with Crippen LogP contribution in [0.4, 0.5) is 0 Å². The number of rotatable bonds is 4. The first kappa shape index (κ1) is 18.0. The molecular formula is C17H19ClN2O4S. The lowest BCUT2D eigenvalue weighted by Crippen LogP contribution is -2.46. The number of piperidine rings is 1. The molecule has 1 aromatic carbocycles. The molecule has 0 atom stereocenters. The van der Waals surface area contributed by atoms with E-state index in [0.717, 1.165) is 0 Å². The molecule has 2 aromatic rings. The van der Waals surface area contributed by atoms with Crippen LogP contribution in [0.15, 0.2) is 46.1 Å². The normalized spacial score (nSPS) is 16.2. The van der Waals surface area contributed by atoms with Crippen molar-refractivity contribution in [3.8, 4) is 0 Å². The summed E-state index contributed by atoms with van der Waals surface area (Å²) in [5.74, 6) is -0.0965. The molecule has 1 aliphatic rings. The minimum atomic E-state index is -3.65. The topological polar surface area (TPSA) is 79.6 Å². The summed E-state index contributed by atoms with van der Waals surface area (Å²) in [5, 5.41) is 0.420. The molecule has 0 unspecified atom stereocenters. The highest BCUT2D eigenvalue weighted by Gasteiger charge is 2.28. The second-order valence-electron chi connectivity index (χ2n) is 6.06. The second-order valence-corrected chi connectivity index (χ2v) is 8.15. The number of halogens is 1. The van der Waals surface area contributed by atoms with Crippen molar-refractivity contribution in [2.45, 2.75) is 30.7 Å². The molecule has 1 N–H and O–H groups in total. The van der Waals surface area contributed by atoms with E-state index in [2.05, 4.69) is 4.72 Å². The fourth-order valence-electron chi connectivity index (χ4n) is 2.93. The summed E-state index contributed by atoms with van der Waals surface area (Å²) in [4.78, 5) is 14.2. The van der Waals surface area contributed by atoms with Gasteiger partial charge in [0.05, 0.1) is 16.7 Å². The van der Waals surface area contributed by atoms with Gasteiger partial charge in [0.15, 0.2) is 0 Å². The molecule has 8 heteroatoms. The minimum absolute atomic E-state index is 0.0965. The Hall–Kier alpha value is -1.83. The highest BCUT2D eigenvalue weighted by Crippen LogP contribution is 2.24. The number of likely N-dealkylation sites (tertiary alicyclic amines) is 1. The number of nitrogens with one attached hydrogen (secondary N) is 1. The predicted octanol–water partition coefficient (Wildman–Crippen LogP) is 2.82. The summed E-state index contributed by atoms with van der Waals surface area (Å²) in [6.45, 7) is 2.67. The maximum absolute atomic E-state index is 12.6. The van der Waals surface area contributed by atoms with E-state index < -0.39 is 10.0 Å². The standard InChI is InChI=1S/C17H19ClN2O4S/c1-12-15(18)3-2-4-16(12)25(22,23)19-14-5-8-20(9-6-14)17(21)13-7-10-24-11-13/h2-4,7,10-11,14,19H,5-6,8-9H2,1H3. The molecule has 0 saturated carbocycles. The summed E-state index contributed by atoms with van der Waals surface area (Å²) in [5.41, 5.74) is 1.04. The Labute approximate surface area is 151 Å². The number of carbonyl (C=O) groups excluding carboxylic acids is 1. The van der Waals surface area contributed by atoms with Crippen molar-refractivity contribution in [3.63, 3.8) is 0 Å². The van der Waals surface area contributed by atoms with Crippen LogP contribution in [-0.4, -0.2) is 38.4 Å². The molecule has 0 radical (unpaired) electrons. The van der Waals surface area contributed by atoms with Gasteiger partial charge in [0.25, 0.3) is 5.91 Å². The summed E-state index contributed by atoms with van der Waals surface area (Å²) < 4.78 is 32.9. The minimum Gasteiger partial charge on any atom is -0.472 e. The SMILES string of the molecule is Cc1c(Cl)cccc1S(=O)(=O)NC1CCN(C(=O)c2ccoc2)CC1. The number of hydrogen-bond acceptors (Lipinski definition) is 4. The van der Waals surface area contributed by atoms with Crippen LogP contribution in [-0.2, 0) is 10.0 Å². The fraction of sp³-hybridized carbons (Fsp3) is 0.353. The molecular weight excluding hydrogens is 364 g/mol. The van der Waals surface area contributed by atoms with Crippen LogP contribution < -0.4 is 4.72 Å². The third-order valence-electron chi connectivity index (χ3n) is 4.38. The van der Waals surface area contributed by atoms with E-state index in [4.69, 9.17) is 16.0 Å². The zero-order valence-corrected chi connectivity index (χ0v) is 15.3. The molecule has 1 amide bonds. The van der Waals surface area contributed by atoms with Crippen LogP contribution >= 0.6 is 11.6 Å². The molecule has 1 aliphatic heterocycles. The van der Waals surface area contributed by atoms with E-state index in [-0.39, 0.29) is 16.8 Å². The average Bonchev–Trinajstić information content (AvgIpc) is 3.11. The van der Waals surface area contributed by atoms with Gasteiger partial charge in [-0.15, -0.1) is 0 Å². The maximum Gasteiger partial charge on any atom is 0.257 e. The number of benzene rings is 1. The Kier molecular flexibility index (Phi) is 5.17. The van der Waals surface area contributed by atoms with Crippen molar-refractivity contribution in [2.24, 2.45) is 0 Å². The predicted molar refractivity (Wildman–Crippen MR) is 94.1 cm³/mol. The van der Waals surface area contributed by atoms with E-state index in [9.17, 15) is 13.2 Å². The summed E-state index contributed by atoms with van der Waals surface area (Å²) in [6, 6.07) is 6.24. The lowest BCUT2D eigenvalue weighted by molar-refractivity contribution is 0.0710. The Bertz CT molecular complexity index is 857. The van der Waals surface area contributed by atoms with Gasteiger partial charge in [-0.25, -0.2) is 13.1 Å². The zero-order chi connectivity index (χ0) is 18.0. The van der Waals surface area contributed by atoms with Crippen molar-refractivity contribution in [1.82, 2.24) is 9.62 Å². The van der Waals surface area contributed by atoms with Gasteiger partial charge in [0, 0.05) is 24.2 Å². The van der Waals surface area contributed by atoms with Crippen LogP contribution in [0.1, 0.15) is 28.8 Å². The molecule has 6 nitrogen and oxygen atoms in total. The first-order valence-corrected chi connectivity index (χ1v) is 9.83. The lowest BCUT2D eigenvalue weighted by Gasteiger charge is -2.32. The highest BCUT2D eigenvalue weighted by molar-refractivity contribution is 7.89. The van der Waals surface area contributed by atoms with Gasteiger partial charge in [0.2, 0.25) is 10.0 Å². The third kappa shape index (κ3) is 3.89. The van der Waals surface area contributed by atoms with Crippen molar-refractivity contribution in [2.75, 3.05) is 13.1 Å². The average molecular weight is 383 g/mol. The zero-order valence-electron chi connectivity index (χ0n) is 13.7. The number of sulfonamides is 1. The largest absolute Gasteiger partial charge is 0.472 e. The Morgan fingerprint density at radius 1 is 1.28 bits per heavy atom. The maximum atomic E-state index is 12.6.